The van der Waals surface area contributed by atoms with Gasteiger partial charge in [0, 0.05) is 36.0 Å². The van der Waals surface area contributed by atoms with Crippen molar-refractivity contribution in [3.8, 4) is 11.5 Å². The van der Waals surface area contributed by atoms with Crippen molar-refractivity contribution in [3.63, 3.8) is 0 Å². The third-order valence-corrected chi connectivity index (χ3v) is 6.62. The summed E-state index contributed by atoms with van der Waals surface area (Å²) in [6.07, 6.45) is 3.39. The molecule has 2 aromatic rings. The number of hydrogen-bond acceptors (Lipinski definition) is 7. The molecule has 1 aliphatic carbocycles. The van der Waals surface area contributed by atoms with Crippen molar-refractivity contribution in [2.75, 3.05) is 24.4 Å². The number of amides is 1. The first-order valence-electron chi connectivity index (χ1n) is 12.0. The third-order valence-electron chi connectivity index (χ3n) is 6.62. The highest BCUT2D eigenvalue weighted by Gasteiger charge is 2.31. The Morgan fingerprint density at radius 2 is 2.00 bits per heavy atom. The second-order valence-corrected chi connectivity index (χ2v) is 9.56. The van der Waals surface area contributed by atoms with Crippen molar-refractivity contribution >= 4 is 23.0 Å². The molecule has 1 fully saturated rings. The van der Waals surface area contributed by atoms with E-state index in [-0.39, 0.29) is 36.6 Å². The first kappa shape index (κ1) is 26.3. The van der Waals surface area contributed by atoms with Gasteiger partial charge in [0.2, 0.25) is 5.91 Å². The summed E-state index contributed by atoms with van der Waals surface area (Å²) < 4.78 is 11.5. The number of benzene rings is 2. The molecular formula is C26H35N3O6. The highest BCUT2D eigenvalue weighted by Crippen LogP contribution is 2.35. The molecule has 3 unspecified atom stereocenters. The maximum absolute atomic E-state index is 12.6. The van der Waals surface area contributed by atoms with E-state index >= 15 is 0 Å². The number of aromatic hydroxyl groups is 1. The van der Waals surface area contributed by atoms with Gasteiger partial charge in [0.25, 0.3) is 5.69 Å². The first-order chi connectivity index (χ1) is 16.7. The average molecular weight is 486 g/mol. The molecule has 3 N–H and O–H groups in total. The first-order valence-corrected chi connectivity index (χ1v) is 12.0. The number of nitro groups is 1. The summed E-state index contributed by atoms with van der Waals surface area (Å²) in [6.45, 7) is 6.80. The summed E-state index contributed by atoms with van der Waals surface area (Å²) in [5, 5.41) is 27.0. The van der Waals surface area contributed by atoms with E-state index in [0.717, 1.165) is 12.8 Å². The zero-order valence-corrected chi connectivity index (χ0v) is 20.7. The zero-order chi connectivity index (χ0) is 25.5. The number of phenolic OH excluding ortho intramolecular Hbond substituents is 1. The molecule has 2 aromatic carbocycles. The molecule has 9 heteroatoms. The van der Waals surface area contributed by atoms with E-state index < -0.39 is 4.92 Å². The van der Waals surface area contributed by atoms with Gasteiger partial charge >= 0.3 is 0 Å². The van der Waals surface area contributed by atoms with Crippen LogP contribution in [0.25, 0.3) is 0 Å². The van der Waals surface area contributed by atoms with Crippen LogP contribution in [0.2, 0.25) is 0 Å². The van der Waals surface area contributed by atoms with Crippen LogP contribution in [0.15, 0.2) is 36.4 Å². The van der Waals surface area contributed by atoms with Gasteiger partial charge in [0.1, 0.15) is 18.1 Å². The summed E-state index contributed by atoms with van der Waals surface area (Å²) in [4.78, 5) is 23.1. The van der Waals surface area contributed by atoms with Crippen LogP contribution in [-0.2, 0) is 16.1 Å². The third kappa shape index (κ3) is 7.08. The Balaban J connectivity index is 1.59. The molecular weight excluding hydrogens is 450 g/mol. The minimum Gasteiger partial charge on any atom is -0.508 e. The Kier molecular flexibility index (Phi) is 8.92. The number of nitrogens with zero attached hydrogens (tertiary/aromatic N) is 1. The number of rotatable bonds is 10. The Morgan fingerprint density at radius 3 is 2.69 bits per heavy atom. The summed E-state index contributed by atoms with van der Waals surface area (Å²) >= 11 is 0. The van der Waals surface area contributed by atoms with Crippen LogP contribution < -0.4 is 15.4 Å². The second kappa shape index (κ2) is 11.9. The van der Waals surface area contributed by atoms with Crippen molar-refractivity contribution in [1.29, 1.82) is 0 Å². The van der Waals surface area contributed by atoms with Crippen molar-refractivity contribution < 1.29 is 24.3 Å². The van der Waals surface area contributed by atoms with Crippen LogP contribution >= 0.6 is 0 Å². The van der Waals surface area contributed by atoms with Gasteiger partial charge in [0.15, 0.2) is 0 Å². The normalized spacial score (nSPS) is 19.9. The SMILES string of the molecule is COc1cc(NCc2cc([N+](=O)[O-])ccc2O)ccc1NC(=O)COC1CC(C)CCC1C(C)C. The number of carbonyl (C=O) groups is 1. The molecule has 190 valence electrons. The Morgan fingerprint density at radius 1 is 1.23 bits per heavy atom. The molecule has 0 spiro atoms. The van der Waals surface area contributed by atoms with Gasteiger partial charge in [0.05, 0.1) is 23.8 Å². The van der Waals surface area contributed by atoms with Gasteiger partial charge in [-0.1, -0.05) is 27.2 Å². The quantitative estimate of drug-likeness (QED) is 0.307. The lowest BCUT2D eigenvalue weighted by atomic mass is 9.75. The average Bonchev–Trinajstić information content (AvgIpc) is 2.82. The van der Waals surface area contributed by atoms with Gasteiger partial charge in [-0.2, -0.15) is 0 Å². The van der Waals surface area contributed by atoms with E-state index in [4.69, 9.17) is 9.47 Å². The minimum absolute atomic E-state index is 0.0180. The number of carbonyl (C=O) groups excluding carboxylic acids is 1. The number of ether oxygens (including phenoxy) is 2. The maximum atomic E-state index is 12.6. The molecule has 3 atom stereocenters. The van der Waals surface area contributed by atoms with E-state index in [1.807, 2.05) is 0 Å². The highest BCUT2D eigenvalue weighted by molar-refractivity contribution is 5.93. The van der Waals surface area contributed by atoms with Gasteiger partial charge in [-0.15, -0.1) is 0 Å². The number of non-ortho nitro benzene ring substituents is 1. The number of hydrogen-bond donors (Lipinski definition) is 3. The molecule has 9 nitrogen and oxygen atoms in total. The molecule has 35 heavy (non-hydrogen) atoms. The van der Waals surface area contributed by atoms with Crippen LogP contribution in [0.5, 0.6) is 11.5 Å². The molecule has 0 radical (unpaired) electrons. The van der Waals surface area contributed by atoms with Crippen LogP contribution in [0.3, 0.4) is 0 Å². The summed E-state index contributed by atoms with van der Waals surface area (Å²) in [6, 6.07) is 9.05. The molecule has 1 aliphatic rings. The predicted octanol–water partition coefficient (Wildman–Crippen LogP) is 5.34. The lowest BCUT2D eigenvalue weighted by molar-refractivity contribution is -0.384. The van der Waals surface area contributed by atoms with Crippen molar-refractivity contribution in [1.82, 2.24) is 0 Å². The molecule has 0 aromatic heterocycles. The topological polar surface area (TPSA) is 123 Å². The zero-order valence-electron chi connectivity index (χ0n) is 20.7. The van der Waals surface area contributed by atoms with E-state index in [0.29, 0.717) is 40.4 Å². The fourth-order valence-corrected chi connectivity index (χ4v) is 4.60. The molecule has 0 saturated heterocycles. The number of anilines is 2. The number of phenols is 1. The monoisotopic (exact) mass is 485 g/mol. The Hall–Kier alpha value is -3.33. The summed E-state index contributed by atoms with van der Waals surface area (Å²) in [7, 11) is 1.51. The Labute approximate surface area is 206 Å². The fraction of sp³-hybridized carbons (Fsp3) is 0.500. The molecule has 1 saturated carbocycles. The second-order valence-electron chi connectivity index (χ2n) is 9.56. The molecule has 0 aliphatic heterocycles. The standard InChI is InChI=1S/C26H35N3O6/c1-16(2)21-8-5-17(3)11-24(21)35-15-26(31)28-22-9-6-19(13-25(22)34-4)27-14-18-12-20(29(32)33)7-10-23(18)30/h6-7,9-10,12-13,16-17,21,24,27,30H,5,8,11,14-15H2,1-4H3,(H,28,31). The van der Waals surface area contributed by atoms with Crippen LogP contribution in [0, 0.1) is 27.9 Å². The number of nitro benzene ring substituents is 1. The lowest BCUT2D eigenvalue weighted by Crippen LogP contribution is -2.36. The summed E-state index contributed by atoms with van der Waals surface area (Å²) in [5.41, 5.74) is 1.48. The van der Waals surface area contributed by atoms with E-state index in [1.54, 1.807) is 18.2 Å². The van der Waals surface area contributed by atoms with Crippen LogP contribution in [0.1, 0.15) is 45.6 Å². The van der Waals surface area contributed by atoms with Gasteiger partial charge in [-0.25, -0.2) is 0 Å². The minimum atomic E-state index is -0.509. The smallest absolute Gasteiger partial charge is 0.270 e. The van der Waals surface area contributed by atoms with Crippen molar-refractivity contribution in [2.24, 2.45) is 17.8 Å². The largest absolute Gasteiger partial charge is 0.508 e. The van der Waals surface area contributed by atoms with Gasteiger partial charge in [-0.3, -0.25) is 14.9 Å². The summed E-state index contributed by atoms with van der Waals surface area (Å²) in [5.74, 6) is 1.75. The van der Waals surface area contributed by atoms with Gasteiger partial charge < -0.3 is 25.2 Å². The number of methoxy groups -OCH3 is 1. The maximum Gasteiger partial charge on any atom is 0.270 e. The van der Waals surface area contributed by atoms with Gasteiger partial charge in [-0.05, 0) is 48.8 Å². The molecule has 0 bridgehead atoms. The molecule has 1 amide bonds. The predicted molar refractivity (Wildman–Crippen MR) is 135 cm³/mol. The fourth-order valence-electron chi connectivity index (χ4n) is 4.60. The number of nitrogens with one attached hydrogen (secondary N) is 2. The molecule has 0 heterocycles. The van der Waals surface area contributed by atoms with E-state index in [9.17, 15) is 20.0 Å². The Bertz CT molecular complexity index is 1040. The highest BCUT2D eigenvalue weighted by atomic mass is 16.6. The van der Waals surface area contributed by atoms with Crippen LogP contribution in [0.4, 0.5) is 17.1 Å². The van der Waals surface area contributed by atoms with E-state index in [1.165, 1.54) is 31.7 Å². The van der Waals surface area contributed by atoms with E-state index in [2.05, 4.69) is 31.4 Å². The van der Waals surface area contributed by atoms with Crippen LogP contribution in [-0.4, -0.2) is 35.8 Å². The van der Waals surface area contributed by atoms with Crippen molar-refractivity contribution in [3.05, 3.63) is 52.1 Å². The lowest BCUT2D eigenvalue weighted by Gasteiger charge is -2.37. The molecule has 3 rings (SSSR count). The van der Waals surface area contributed by atoms with Crippen molar-refractivity contribution in [2.45, 2.75) is 52.7 Å².